The molecule has 13 heteroatoms. The number of methoxy groups -OCH3 is 4. The zero-order valence-electron chi connectivity index (χ0n) is 25.9. The zero-order valence-corrected chi connectivity index (χ0v) is 26.8. The van der Waals surface area contributed by atoms with Crippen LogP contribution in [0.3, 0.4) is 0 Å². The fourth-order valence-corrected chi connectivity index (χ4v) is 7.52. The summed E-state index contributed by atoms with van der Waals surface area (Å²) in [6.07, 6.45) is 0.238. The van der Waals surface area contributed by atoms with E-state index in [0.29, 0.717) is 60.3 Å². The van der Waals surface area contributed by atoms with Gasteiger partial charge in [0.2, 0.25) is 0 Å². The van der Waals surface area contributed by atoms with Crippen molar-refractivity contribution in [2.75, 3.05) is 40.7 Å². The zero-order chi connectivity index (χ0) is 33.4. The third kappa shape index (κ3) is 4.29. The van der Waals surface area contributed by atoms with Crippen LogP contribution in [0.5, 0.6) is 34.5 Å². The van der Waals surface area contributed by atoms with E-state index in [2.05, 4.69) is 4.99 Å². The Kier molecular flexibility index (Phi) is 7.36. The number of aliphatic imine (C=N–C) groups is 1. The summed E-state index contributed by atoms with van der Waals surface area (Å²) >= 11 is 0. The van der Waals surface area contributed by atoms with E-state index >= 15 is 0 Å². The number of rotatable bonds is 9. The number of ether oxygens (including phenoxy) is 4. The number of allylic oxidation sites excluding steroid dienone is 2. The molecular weight excluding hydrogens is 618 g/mol. The molecule has 0 aromatic heterocycles. The second-order valence-electron chi connectivity index (χ2n) is 11.2. The molecule has 0 heterocycles. The molecule has 1 aliphatic carbocycles. The summed E-state index contributed by atoms with van der Waals surface area (Å²) < 4.78 is 54.8. The third-order valence-electron chi connectivity index (χ3n) is 8.70. The van der Waals surface area contributed by atoms with E-state index in [9.17, 15) is 32.8 Å². The van der Waals surface area contributed by atoms with Crippen LogP contribution in [0.1, 0.15) is 31.4 Å². The normalized spacial score (nSPS) is 13.8. The quantitative estimate of drug-likeness (QED) is 0.0677. The van der Waals surface area contributed by atoms with E-state index in [1.54, 1.807) is 6.92 Å². The van der Waals surface area contributed by atoms with Crippen molar-refractivity contribution in [2.24, 2.45) is 4.99 Å². The topological polar surface area (TPSA) is 178 Å². The van der Waals surface area contributed by atoms with E-state index in [4.69, 9.17) is 18.9 Å². The number of nitrogens with zero attached hydrogens (tertiary/aromatic N) is 1. The first-order chi connectivity index (χ1) is 21.8. The van der Waals surface area contributed by atoms with Crippen LogP contribution in [0.15, 0.2) is 32.3 Å². The van der Waals surface area contributed by atoms with Gasteiger partial charge in [-0.25, -0.2) is 0 Å². The molecule has 0 bridgehead atoms. The van der Waals surface area contributed by atoms with Gasteiger partial charge in [0.25, 0.3) is 10.1 Å². The molecule has 0 saturated heterocycles. The molecule has 6 rings (SSSR count). The molecule has 0 aliphatic heterocycles. The van der Waals surface area contributed by atoms with E-state index in [0.717, 1.165) is 0 Å². The predicted octanol–water partition coefficient (Wildman–Crippen LogP) is 4.41. The summed E-state index contributed by atoms with van der Waals surface area (Å²) in [6.45, 7) is 3.62. The smallest absolute Gasteiger partial charge is 0.264 e. The number of hydrogen-bond donors (Lipinski definition) is 3. The van der Waals surface area contributed by atoms with Gasteiger partial charge in [-0.2, -0.15) is 8.42 Å². The highest BCUT2D eigenvalue weighted by atomic mass is 32.2. The Balaban J connectivity index is 1.96. The van der Waals surface area contributed by atoms with Crippen molar-refractivity contribution >= 4 is 64.5 Å². The largest absolute Gasteiger partial charge is 0.504 e. The second-order valence-corrected chi connectivity index (χ2v) is 12.8. The van der Waals surface area contributed by atoms with Crippen LogP contribution in [0.4, 0.5) is 0 Å². The number of fused-ring (bicyclic) bond motifs is 1. The Labute approximate surface area is 262 Å². The van der Waals surface area contributed by atoms with Gasteiger partial charge in [-0.05, 0) is 32.1 Å². The van der Waals surface area contributed by atoms with Crippen molar-refractivity contribution in [1.29, 1.82) is 0 Å². The Morgan fingerprint density at radius 1 is 0.783 bits per heavy atom. The van der Waals surface area contributed by atoms with Crippen LogP contribution >= 0.6 is 0 Å². The molecule has 12 nitrogen and oxygen atoms in total. The first-order valence-electron chi connectivity index (χ1n) is 14.3. The molecule has 0 spiro atoms. The van der Waals surface area contributed by atoms with Gasteiger partial charge in [-0.15, -0.1) is 0 Å². The Hall–Kier alpha value is -4.88. The SMILES string of the molecule is COc1c(O)c2c(=O)cc(OC)c3c4c(OC)cc(=O)c5c(O)c(OC)c6c(c(c1CC(C)=C6C(C)=NCCCS(=O)(=O)O)c23)c54. The van der Waals surface area contributed by atoms with Gasteiger partial charge in [-0.1, -0.05) is 5.57 Å². The molecule has 46 heavy (non-hydrogen) atoms. The molecule has 0 fully saturated rings. The summed E-state index contributed by atoms with van der Waals surface area (Å²) in [4.78, 5) is 32.0. The molecule has 5 aromatic carbocycles. The van der Waals surface area contributed by atoms with Crippen molar-refractivity contribution in [2.45, 2.75) is 26.7 Å². The molecule has 5 aromatic rings. The molecular formula is C33H31NO11S. The number of aromatic hydroxyl groups is 2. The maximum Gasteiger partial charge on any atom is 0.264 e. The average Bonchev–Trinajstić information content (AvgIpc) is 3.12. The first-order valence-corrected chi connectivity index (χ1v) is 15.9. The van der Waals surface area contributed by atoms with Gasteiger partial charge in [-0.3, -0.25) is 19.1 Å². The monoisotopic (exact) mass is 649 g/mol. The van der Waals surface area contributed by atoms with Crippen molar-refractivity contribution in [3.8, 4) is 34.5 Å². The maximum absolute atomic E-state index is 13.7. The fourth-order valence-electron chi connectivity index (χ4n) is 7.03. The minimum Gasteiger partial charge on any atom is -0.504 e. The maximum atomic E-state index is 13.7. The minimum atomic E-state index is -4.19. The summed E-state index contributed by atoms with van der Waals surface area (Å²) in [5.41, 5.74) is 1.55. The molecule has 0 atom stereocenters. The predicted molar refractivity (Wildman–Crippen MR) is 176 cm³/mol. The van der Waals surface area contributed by atoms with Gasteiger partial charge >= 0.3 is 0 Å². The fraction of sp³-hybridized carbons (Fsp3) is 0.303. The molecule has 240 valence electrons. The number of hydrogen-bond acceptors (Lipinski definition) is 11. The summed E-state index contributed by atoms with van der Waals surface area (Å²) in [5.74, 6) is -0.856. The lowest BCUT2D eigenvalue weighted by Crippen LogP contribution is -2.10. The molecule has 3 N–H and O–H groups in total. The highest BCUT2D eigenvalue weighted by Gasteiger charge is 2.35. The third-order valence-corrected chi connectivity index (χ3v) is 9.51. The van der Waals surface area contributed by atoms with Crippen molar-refractivity contribution in [1.82, 2.24) is 0 Å². The van der Waals surface area contributed by atoms with Crippen LogP contribution in [-0.2, 0) is 16.5 Å². The van der Waals surface area contributed by atoms with Gasteiger partial charge in [0, 0.05) is 68.0 Å². The van der Waals surface area contributed by atoms with Crippen molar-refractivity contribution in [3.05, 3.63) is 49.3 Å². The molecule has 0 unspecified atom stereocenters. The van der Waals surface area contributed by atoms with E-state index in [1.165, 1.54) is 40.6 Å². The van der Waals surface area contributed by atoms with E-state index in [-0.39, 0.29) is 58.9 Å². The van der Waals surface area contributed by atoms with E-state index in [1.807, 2.05) is 6.92 Å². The Bertz CT molecular complexity index is 2410. The standard InChI is InChI=1S/C33H31NO11S/c1-13-10-15-21-26-22(30(37)32(15)44-5)16(35)11-18(42-3)24(26)25-19(43-4)12-17(36)23-28(25)27(21)29(33(45-6)31(23)38)20(13)14(2)34-8-7-9-46(39,40)41/h11-12,37-38H,7-10H2,1-6H3,(H,39,40,41). The lowest BCUT2D eigenvalue weighted by Gasteiger charge is -2.24. The van der Waals surface area contributed by atoms with Crippen molar-refractivity contribution < 1.29 is 42.1 Å². The number of benzene rings is 5. The Morgan fingerprint density at radius 2 is 1.30 bits per heavy atom. The Morgan fingerprint density at radius 3 is 1.80 bits per heavy atom. The average molecular weight is 650 g/mol. The number of phenolic OH excluding ortho intramolecular Hbond substituents is 2. The van der Waals surface area contributed by atoms with Gasteiger partial charge in [0.1, 0.15) is 11.5 Å². The number of phenols is 2. The second kappa shape index (κ2) is 10.9. The van der Waals surface area contributed by atoms with Crippen LogP contribution in [0.2, 0.25) is 0 Å². The minimum absolute atomic E-state index is 0.0145. The van der Waals surface area contributed by atoms with E-state index < -0.39 is 32.5 Å². The summed E-state index contributed by atoms with van der Waals surface area (Å²) in [5, 5.41) is 25.7. The highest BCUT2D eigenvalue weighted by Crippen LogP contribution is 2.58. The van der Waals surface area contributed by atoms with Gasteiger partial charge < -0.3 is 29.2 Å². The molecule has 1 aliphatic rings. The lowest BCUT2D eigenvalue weighted by atomic mass is 9.82. The molecule has 0 saturated carbocycles. The van der Waals surface area contributed by atoms with Gasteiger partial charge in [0.15, 0.2) is 33.9 Å². The van der Waals surface area contributed by atoms with Crippen LogP contribution in [0, 0.1) is 0 Å². The van der Waals surface area contributed by atoms with Crippen molar-refractivity contribution in [3.63, 3.8) is 0 Å². The molecule has 0 radical (unpaired) electrons. The van der Waals surface area contributed by atoms with Crippen LogP contribution in [0.25, 0.3) is 48.7 Å². The van der Waals surface area contributed by atoms with Crippen LogP contribution in [-0.4, -0.2) is 69.6 Å². The molecule has 0 amide bonds. The summed E-state index contributed by atoms with van der Waals surface area (Å²) in [6, 6.07) is 2.50. The summed E-state index contributed by atoms with van der Waals surface area (Å²) in [7, 11) is 1.36. The highest BCUT2D eigenvalue weighted by molar-refractivity contribution is 7.85. The lowest BCUT2D eigenvalue weighted by molar-refractivity contribution is 0.373. The first kappa shape index (κ1) is 31.1. The van der Waals surface area contributed by atoms with Gasteiger partial charge in [0.05, 0.1) is 45.0 Å². The van der Waals surface area contributed by atoms with Crippen LogP contribution < -0.4 is 29.8 Å².